The monoisotopic (exact) mass is 330 g/mol. The van der Waals surface area contributed by atoms with E-state index in [2.05, 4.69) is 4.98 Å². The zero-order chi connectivity index (χ0) is 16.6. The predicted octanol–water partition coefficient (Wildman–Crippen LogP) is 2.53. The zero-order valence-electron chi connectivity index (χ0n) is 12.8. The fraction of sp³-hybridized carbons (Fsp3) is 0.188. The van der Waals surface area contributed by atoms with Gasteiger partial charge in [0.05, 0.1) is 18.8 Å². The molecular formula is C16H14N2O4S. The first kappa shape index (κ1) is 15.2. The van der Waals surface area contributed by atoms with E-state index in [1.165, 1.54) is 10.9 Å². The minimum Gasteiger partial charge on any atom is -0.497 e. The molecule has 3 rings (SSSR count). The van der Waals surface area contributed by atoms with Crippen molar-refractivity contribution in [1.29, 1.82) is 0 Å². The van der Waals surface area contributed by atoms with Crippen molar-refractivity contribution in [3.05, 3.63) is 51.4 Å². The summed E-state index contributed by atoms with van der Waals surface area (Å²) in [4.78, 5) is 29.7. The zero-order valence-corrected chi connectivity index (χ0v) is 13.6. The third-order valence-electron chi connectivity index (χ3n) is 3.47. The van der Waals surface area contributed by atoms with Gasteiger partial charge in [-0.3, -0.25) is 4.79 Å². The van der Waals surface area contributed by atoms with E-state index in [-0.39, 0.29) is 5.56 Å². The maximum absolute atomic E-state index is 12.4. The highest BCUT2D eigenvalue weighted by atomic mass is 32.1. The molecular weight excluding hydrogens is 316 g/mol. The Balaban J connectivity index is 1.96. The number of aromatic nitrogens is 2. The van der Waals surface area contributed by atoms with Crippen LogP contribution >= 0.6 is 11.3 Å². The molecule has 0 bridgehead atoms. The molecule has 2 heterocycles. The second-order valence-corrected chi connectivity index (χ2v) is 5.96. The molecule has 6 nitrogen and oxygen atoms in total. The fourth-order valence-electron chi connectivity index (χ4n) is 2.20. The Kier molecular flexibility index (Phi) is 3.87. The number of rotatable bonds is 3. The minimum absolute atomic E-state index is 0.174. The molecule has 0 amide bonds. The molecule has 0 N–H and O–H groups in total. The third-order valence-corrected chi connectivity index (χ3v) is 4.65. The molecule has 0 radical (unpaired) electrons. The maximum atomic E-state index is 12.4. The van der Waals surface area contributed by atoms with E-state index in [0.717, 1.165) is 11.3 Å². The first-order valence-electron chi connectivity index (χ1n) is 6.82. The summed E-state index contributed by atoms with van der Waals surface area (Å²) in [7, 11) is 3.19. The van der Waals surface area contributed by atoms with E-state index in [0.29, 0.717) is 32.2 Å². The number of esters is 1. The Bertz CT molecular complexity index is 941. The molecule has 23 heavy (non-hydrogen) atoms. The molecule has 118 valence electrons. The summed E-state index contributed by atoms with van der Waals surface area (Å²) in [6.45, 7) is 1.73. The standard InChI is InChI=1S/C16H14N2O4S/c1-9-12-14(17-8-18(2)15(12)19)23-13(9)16(20)22-11-6-4-10(21-3)5-7-11/h4-8H,1-3H3. The summed E-state index contributed by atoms with van der Waals surface area (Å²) in [5.74, 6) is 0.585. The lowest BCUT2D eigenvalue weighted by Gasteiger charge is -2.04. The van der Waals surface area contributed by atoms with E-state index in [1.807, 2.05) is 0 Å². The van der Waals surface area contributed by atoms with Crippen molar-refractivity contribution in [1.82, 2.24) is 9.55 Å². The van der Waals surface area contributed by atoms with Gasteiger partial charge in [0.2, 0.25) is 0 Å². The Morgan fingerprint density at radius 3 is 2.52 bits per heavy atom. The van der Waals surface area contributed by atoms with Crippen molar-refractivity contribution >= 4 is 27.5 Å². The number of thiophene rings is 1. The number of nitrogens with zero attached hydrogens (tertiary/aromatic N) is 2. The Morgan fingerprint density at radius 2 is 1.87 bits per heavy atom. The number of carbonyl (C=O) groups is 1. The molecule has 0 saturated heterocycles. The lowest BCUT2D eigenvalue weighted by molar-refractivity contribution is 0.0739. The molecule has 0 fully saturated rings. The number of methoxy groups -OCH3 is 1. The number of hydrogen-bond donors (Lipinski definition) is 0. The molecule has 0 unspecified atom stereocenters. The van der Waals surface area contributed by atoms with Gasteiger partial charge in [0.1, 0.15) is 21.2 Å². The average Bonchev–Trinajstić information content (AvgIpc) is 2.89. The second-order valence-electron chi connectivity index (χ2n) is 4.96. The van der Waals surface area contributed by atoms with Gasteiger partial charge in [0, 0.05) is 7.05 Å². The van der Waals surface area contributed by atoms with Crippen LogP contribution in [0.4, 0.5) is 0 Å². The van der Waals surface area contributed by atoms with Gasteiger partial charge in [-0.25, -0.2) is 9.78 Å². The van der Waals surface area contributed by atoms with E-state index >= 15 is 0 Å². The van der Waals surface area contributed by atoms with Crippen molar-refractivity contribution in [3.63, 3.8) is 0 Å². The van der Waals surface area contributed by atoms with Gasteiger partial charge < -0.3 is 14.0 Å². The SMILES string of the molecule is COc1ccc(OC(=O)c2sc3ncn(C)c(=O)c3c2C)cc1. The van der Waals surface area contributed by atoms with Crippen LogP contribution in [0.2, 0.25) is 0 Å². The first-order chi connectivity index (χ1) is 11.0. The molecule has 0 spiro atoms. The van der Waals surface area contributed by atoms with Gasteiger partial charge in [-0.1, -0.05) is 0 Å². The normalized spacial score (nSPS) is 10.7. The third kappa shape index (κ3) is 2.70. The molecule has 0 saturated carbocycles. The van der Waals surface area contributed by atoms with E-state index in [4.69, 9.17) is 9.47 Å². The number of ether oxygens (including phenoxy) is 2. The summed E-state index contributed by atoms with van der Waals surface area (Å²) >= 11 is 1.16. The number of hydrogen-bond acceptors (Lipinski definition) is 6. The van der Waals surface area contributed by atoms with Crippen LogP contribution in [0.15, 0.2) is 35.4 Å². The molecule has 3 aromatic rings. The summed E-state index contributed by atoms with van der Waals surface area (Å²) < 4.78 is 11.8. The molecule has 0 atom stereocenters. The van der Waals surface area contributed by atoms with Gasteiger partial charge in [0.15, 0.2) is 0 Å². The highest BCUT2D eigenvalue weighted by Gasteiger charge is 2.20. The topological polar surface area (TPSA) is 70.4 Å². The molecule has 0 aliphatic carbocycles. The molecule has 7 heteroatoms. The fourth-order valence-corrected chi connectivity index (χ4v) is 3.22. The van der Waals surface area contributed by atoms with Crippen molar-refractivity contribution in [2.75, 3.05) is 7.11 Å². The average molecular weight is 330 g/mol. The van der Waals surface area contributed by atoms with Crippen molar-refractivity contribution < 1.29 is 14.3 Å². The van der Waals surface area contributed by atoms with Gasteiger partial charge in [-0.15, -0.1) is 11.3 Å². The minimum atomic E-state index is -0.502. The lowest BCUT2D eigenvalue weighted by Crippen LogP contribution is -2.17. The smallest absolute Gasteiger partial charge is 0.354 e. The summed E-state index contributed by atoms with van der Waals surface area (Å²) in [5.41, 5.74) is 0.421. The number of fused-ring (bicyclic) bond motifs is 1. The Hall–Kier alpha value is -2.67. The van der Waals surface area contributed by atoms with Crippen LogP contribution in [-0.4, -0.2) is 22.6 Å². The number of aryl methyl sites for hydroxylation is 2. The summed E-state index contributed by atoms with van der Waals surface area (Å²) in [6.07, 6.45) is 1.44. The van der Waals surface area contributed by atoms with Crippen LogP contribution in [0.25, 0.3) is 10.2 Å². The van der Waals surface area contributed by atoms with Crippen molar-refractivity contribution in [2.45, 2.75) is 6.92 Å². The predicted molar refractivity (Wildman–Crippen MR) is 87.6 cm³/mol. The van der Waals surface area contributed by atoms with E-state index < -0.39 is 5.97 Å². The maximum Gasteiger partial charge on any atom is 0.354 e. The van der Waals surface area contributed by atoms with Crippen LogP contribution in [0, 0.1) is 6.92 Å². The Labute approximate surface area is 135 Å². The highest BCUT2D eigenvalue weighted by molar-refractivity contribution is 7.20. The number of carbonyl (C=O) groups excluding carboxylic acids is 1. The van der Waals surface area contributed by atoms with E-state index in [9.17, 15) is 9.59 Å². The van der Waals surface area contributed by atoms with Crippen LogP contribution in [0.5, 0.6) is 11.5 Å². The molecule has 2 aromatic heterocycles. The van der Waals surface area contributed by atoms with Crippen LogP contribution in [0.1, 0.15) is 15.2 Å². The second kappa shape index (κ2) is 5.85. The van der Waals surface area contributed by atoms with Gasteiger partial charge in [-0.2, -0.15) is 0 Å². The Morgan fingerprint density at radius 1 is 1.22 bits per heavy atom. The van der Waals surface area contributed by atoms with Crippen molar-refractivity contribution in [2.24, 2.45) is 7.05 Å². The van der Waals surface area contributed by atoms with Crippen LogP contribution in [0.3, 0.4) is 0 Å². The highest BCUT2D eigenvalue weighted by Crippen LogP contribution is 2.28. The molecule has 0 aliphatic rings. The summed E-state index contributed by atoms with van der Waals surface area (Å²) in [6, 6.07) is 6.71. The van der Waals surface area contributed by atoms with Gasteiger partial charge in [0.25, 0.3) is 5.56 Å². The summed E-state index contributed by atoms with van der Waals surface area (Å²) in [5, 5.41) is 0.460. The van der Waals surface area contributed by atoms with E-state index in [1.54, 1.807) is 45.3 Å². The van der Waals surface area contributed by atoms with Gasteiger partial charge >= 0.3 is 5.97 Å². The van der Waals surface area contributed by atoms with Crippen molar-refractivity contribution in [3.8, 4) is 11.5 Å². The van der Waals surface area contributed by atoms with Crippen LogP contribution in [-0.2, 0) is 7.05 Å². The van der Waals surface area contributed by atoms with Gasteiger partial charge in [-0.05, 0) is 36.8 Å². The number of benzene rings is 1. The molecule has 1 aromatic carbocycles. The lowest BCUT2D eigenvalue weighted by atomic mass is 10.2. The quantitative estimate of drug-likeness (QED) is 0.545. The largest absolute Gasteiger partial charge is 0.497 e. The van der Waals surface area contributed by atoms with Crippen LogP contribution < -0.4 is 15.0 Å². The molecule has 0 aliphatic heterocycles. The first-order valence-corrected chi connectivity index (χ1v) is 7.64.